The third kappa shape index (κ3) is 4.69. The topological polar surface area (TPSA) is 111 Å². The standard InChI is InChI=1S/C20H19Cl2N5O3S/c21-13-6-2-7-14(16(13)22)23-18-19(26-31-25-18)24-15-8-1-5-12(17(15)29)20(30)27-9-3-4-11(28)10-27/h1-2,5-8,11,28-29H,3-4,9-10H2,(H,23,25)(H,24,26). The molecule has 1 aliphatic rings. The van der Waals surface area contributed by atoms with Crippen LogP contribution < -0.4 is 10.6 Å². The summed E-state index contributed by atoms with van der Waals surface area (Å²) >= 11 is 13.3. The number of piperidine rings is 1. The van der Waals surface area contributed by atoms with Crippen molar-refractivity contribution in [2.45, 2.75) is 18.9 Å². The Morgan fingerprint density at radius 1 is 1.10 bits per heavy atom. The molecule has 0 spiro atoms. The first-order chi connectivity index (χ1) is 14.9. The number of benzene rings is 2. The molecule has 11 heteroatoms. The van der Waals surface area contributed by atoms with Gasteiger partial charge >= 0.3 is 0 Å². The number of carbonyl (C=O) groups is 1. The first kappa shape index (κ1) is 21.6. The van der Waals surface area contributed by atoms with E-state index in [9.17, 15) is 15.0 Å². The lowest BCUT2D eigenvalue weighted by Gasteiger charge is -2.30. The van der Waals surface area contributed by atoms with Crippen LogP contribution in [0.15, 0.2) is 36.4 Å². The van der Waals surface area contributed by atoms with E-state index >= 15 is 0 Å². The number of β-amino-alcohol motifs (C(OH)–C–C–N with tert-alkyl or cyclic N) is 1. The second kappa shape index (κ2) is 9.27. The number of nitrogens with zero attached hydrogens (tertiary/aromatic N) is 3. The molecule has 162 valence electrons. The van der Waals surface area contributed by atoms with Crippen molar-refractivity contribution in [3.05, 3.63) is 52.0 Å². The molecule has 1 saturated heterocycles. The quantitative estimate of drug-likeness (QED) is 0.394. The van der Waals surface area contributed by atoms with Gasteiger partial charge in [0.15, 0.2) is 17.4 Å². The molecule has 1 aromatic heterocycles. The van der Waals surface area contributed by atoms with Crippen LogP contribution >= 0.6 is 34.9 Å². The van der Waals surface area contributed by atoms with Crippen molar-refractivity contribution in [3.8, 4) is 5.75 Å². The number of aliphatic hydroxyl groups excluding tert-OH is 1. The molecule has 2 aromatic carbocycles. The van der Waals surface area contributed by atoms with E-state index in [1.807, 2.05) is 0 Å². The summed E-state index contributed by atoms with van der Waals surface area (Å²) in [5, 5.41) is 27.4. The number of anilines is 4. The molecule has 0 saturated carbocycles. The lowest BCUT2D eigenvalue weighted by atomic mass is 10.1. The van der Waals surface area contributed by atoms with Crippen LogP contribution in [0.25, 0.3) is 0 Å². The number of halogens is 2. The molecule has 0 radical (unpaired) electrons. The zero-order valence-electron chi connectivity index (χ0n) is 16.2. The maximum atomic E-state index is 12.9. The third-order valence-electron chi connectivity index (χ3n) is 4.90. The van der Waals surface area contributed by atoms with Gasteiger partial charge in [0.1, 0.15) is 0 Å². The third-order valence-corrected chi connectivity index (χ3v) is 6.24. The summed E-state index contributed by atoms with van der Waals surface area (Å²) in [5.74, 6) is 0.214. The average molecular weight is 480 g/mol. The minimum Gasteiger partial charge on any atom is -0.505 e. The number of rotatable bonds is 5. The van der Waals surface area contributed by atoms with E-state index in [0.29, 0.717) is 46.0 Å². The fraction of sp³-hybridized carbons (Fsp3) is 0.250. The molecular weight excluding hydrogens is 461 g/mol. The van der Waals surface area contributed by atoms with Gasteiger partial charge in [0.05, 0.1) is 44.8 Å². The zero-order chi connectivity index (χ0) is 22.0. The number of amides is 1. The van der Waals surface area contributed by atoms with Gasteiger partial charge in [-0.05, 0) is 37.1 Å². The van der Waals surface area contributed by atoms with Crippen molar-refractivity contribution in [2.24, 2.45) is 0 Å². The van der Waals surface area contributed by atoms with Crippen molar-refractivity contribution < 1.29 is 15.0 Å². The van der Waals surface area contributed by atoms with Gasteiger partial charge in [0.25, 0.3) is 5.91 Å². The van der Waals surface area contributed by atoms with E-state index in [0.717, 1.165) is 18.1 Å². The van der Waals surface area contributed by atoms with Crippen LogP contribution in [0.5, 0.6) is 5.75 Å². The van der Waals surface area contributed by atoms with Gasteiger partial charge in [-0.1, -0.05) is 35.3 Å². The fourth-order valence-electron chi connectivity index (χ4n) is 3.33. The maximum Gasteiger partial charge on any atom is 0.257 e. The largest absolute Gasteiger partial charge is 0.505 e. The second-order valence-electron chi connectivity index (χ2n) is 7.06. The molecule has 2 heterocycles. The van der Waals surface area contributed by atoms with Crippen LogP contribution in [-0.2, 0) is 0 Å². The number of phenolic OH excluding ortho intramolecular Hbond substituents is 1. The molecule has 1 unspecified atom stereocenters. The summed E-state index contributed by atoms with van der Waals surface area (Å²) in [7, 11) is 0. The number of hydrogen-bond acceptors (Lipinski definition) is 8. The molecule has 1 aliphatic heterocycles. The number of hydrogen-bond donors (Lipinski definition) is 4. The smallest absolute Gasteiger partial charge is 0.257 e. The summed E-state index contributed by atoms with van der Waals surface area (Å²) in [6.07, 6.45) is 0.840. The minimum absolute atomic E-state index is 0.148. The number of nitrogens with one attached hydrogen (secondary N) is 2. The van der Waals surface area contributed by atoms with Gasteiger partial charge < -0.3 is 25.7 Å². The number of aromatic hydroxyl groups is 1. The Kier molecular flexibility index (Phi) is 6.47. The molecule has 8 nitrogen and oxygen atoms in total. The summed E-state index contributed by atoms with van der Waals surface area (Å²) in [6.45, 7) is 0.790. The Labute approximate surface area is 192 Å². The Balaban J connectivity index is 1.56. The van der Waals surface area contributed by atoms with Crippen LogP contribution in [0.2, 0.25) is 10.0 Å². The molecule has 0 bridgehead atoms. The van der Waals surface area contributed by atoms with Crippen LogP contribution in [0, 0.1) is 0 Å². The van der Waals surface area contributed by atoms with E-state index in [1.165, 1.54) is 0 Å². The lowest BCUT2D eigenvalue weighted by Crippen LogP contribution is -2.42. The SMILES string of the molecule is O=C(c1cccc(Nc2nsnc2Nc2cccc(Cl)c2Cl)c1O)N1CCCC(O)C1. The number of phenols is 1. The number of para-hydroxylation sites is 1. The van der Waals surface area contributed by atoms with Crippen molar-refractivity contribution in [3.63, 3.8) is 0 Å². The number of likely N-dealkylation sites (tertiary alicyclic amines) is 1. The molecular formula is C20H19Cl2N5O3S. The number of aliphatic hydroxyl groups is 1. The summed E-state index contributed by atoms with van der Waals surface area (Å²) in [5.41, 5.74) is 1.01. The molecule has 1 fully saturated rings. The van der Waals surface area contributed by atoms with Crippen molar-refractivity contribution in [2.75, 3.05) is 23.7 Å². The molecule has 31 heavy (non-hydrogen) atoms. The predicted octanol–water partition coefficient (Wildman–Crippen LogP) is 4.63. The van der Waals surface area contributed by atoms with E-state index in [-0.39, 0.29) is 23.8 Å². The highest BCUT2D eigenvalue weighted by Gasteiger charge is 2.26. The van der Waals surface area contributed by atoms with Crippen LogP contribution in [-0.4, -0.2) is 49.0 Å². The summed E-state index contributed by atoms with van der Waals surface area (Å²) < 4.78 is 8.43. The molecule has 1 atom stereocenters. The molecule has 1 amide bonds. The Morgan fingerprint density at radius 2 is 1.77 bits per heavy atom. The predicted molar refractivity (Wildman–Crippen MR) is 122 cm³/mol. The van der Waals surface area contributed by atoms with Crippen molar-refractivity contribution in [1.29, 1.82) is 0 Å². The maximum absolute atomic E-state index is 12.9. The Hall–Kier alpha value is -2.59. The average Bonchev–Trinajstić information content (AvgIpc) is 3.19. The Bertz CT molecular complexity index is 1110. The summed E-state index contributed by atoms with van der Waals surface area (Å²) in [4.78, 5) is 14.4. The number of aromatic nitrogens is 2. The van der Waals surface area contributed by atoms with Crippen LogP contribution in [0.3, 0.4) is 0 Å². The highest BCUT2D eigenvalue weighted by molar-refractivity contribution is 6.99. The van der Waals surface area contributed by atoms with Crippen LogP contribution in [0.1, 0.15) is 23.2 Å². The van der Waals surface area contributed by atoms with Crippen molar-refractivity contribution in [1.82, 2.24) is 13.6 Å². The van der Waals surface area contributed by atoms with Gasteiger partial charge in [-0.25, -0.2) is 0 Å². The monoisotopic (exact) mass is 479 g/mol. The van der Waals surface area contributed by atoms with Gasteiger partial charge in [-0.15, -0.1) is 0 Å². The Morgan fingerprint density at radius 3 is 2.52 bits per heavy atom. The van der Waals surface area contributed by atoms with Crippen LogP contribution in [0.4, 0.5) is 23.0 Å². The highest BCUT2D eigenvalue weighted by atomic mass is 35.5. The van der Waals surface area contributed by atoms with E-state index in [4.69, 9.17) is 23.2 Å². The second-order valence-corrected chi connectivity index (χ2v) is 8.38. The van der Waals surface area contributed by atoms with Crippen molar-refractivity contribution >= 4 is 63.8 Å². The van der Waals surface area contributed by atoms with E-state index in [2.05, 4.69) is 19.4 Å². The van der Waals surface area contributed by atoms with Gasteiger partial charge in [-0.2, -0.15) is 8.75 Å². The zero-order valence-corrected chi connectivity index (χ0v) is 18.5. The fourth-order valence-corrected chi connectivity index (χ4v) is 4.15. The molecule has 0 aliphatic carbocycles. The first-order valence-electron chi connectivity index (χ1n) is 9.54. The molecule has 3 aromatic rings. The molecule has 4 N–H and O–H groups in total. The van der Waals surface area contributed by atoms with Gasteiger partial charge in [0.2, 0.25) is 0 Å². The van der Waals surface area contributed by atoms with E-state index < -0.39 is 6.10 Å². The normalized spacial score (nSPS) is 16.2. The molecule has 4 rings (SSSR count). The highest BCUT2D eigenvalue weighted by Crippen LogP contribution is 2.36. The van der Waals surface area contributed by atoms with E-state index in [1.54, 1.807) is 41.3 Å². The summed E-state index contributed by atoms with van der Waals surface area (Å²) in [6, 6.07) is 10.0. The van der Waals surface area contributed by atoms with Gasteiger partial charge in [0, 0.05) is 13.1 Å². The first-order valence-corrected chi connectivity index (χ1v) is 11.0. The minimum atomic E-state index is -0.547. The number of carbonyl (C=O) groups excluding carboxylic acids is 1. The van der Waals surface area contributed by atoms with Gasteiger partial charge in [-0.3, -0.25) is 4.79 Å². The lowest BCUT2D eigenvalue weighted by molar-refractivity contribution is 0.0471.